The third-order valence-electron chi connectivity index (χ3n) is 3.18. The van der Waals surface area contributed by atoms with E-state index in [-0.39, 0.29) is 18.2 Å². The molecule has 0 aliphatic carbocycles. The molecule has 1 aromatic rings. The highest BCUT2D eigenvalue weighted by Gasteiger charge is 2.23. The molecular weight excluding hydrogens is 244 g/mol. The van der Waals surface area contributed by atoms with E-state index in [4.69, 9.17) is 0 Å². The van der Waals surface area contributed by atoms with E-state index in [0.717, 1.165) is 0 Å². The minimum Gasteiger partial charge on any atom is -0.391 e. The van der Waals surface area contributed by atoms with Crippen molar-refractivity contribution in [2.24, 2.45) is 0 Å². The maximum absolute atomic E-state index is 11.8. The quantitative estimate of drug-likeness (QED) is 0.825. The van der Waals surface area contributed by atoms with Crippen LogP contribution in [-0.2, 0) is 4.79 Å². The van der Waals surface area contributed by atoms with Crippen molar-refractivity contribution in [3.63, 3.8) is 0 Å². The Morgan fingerprint density at radius 1 is 1.32 bits per heavy atom. The lowest BCUT2D eigenvalue weighted by atomic mass is 10.2. The van der Waals surface area contributed by atoms with Crippen molar-refractivity contribution in [1.82, 2.24) is 10.2 Å². The molecule has 0 spiro atoms. The van der Waals surface area contributed by atoms with Crippen molar-refractivity contribution in [2.75, 3.05) is 19.6 Å². The van der Waals surface area contributed by atoms with Gasteiger partial charge in [-0.2, -0.15) is 0 Å². The van der Waals surface area contributed by atoms with E-state index in [1.807, 2.05) is 6.07 Å². The number of hydrogen-bond donors (Lipinski definition) is 2. The largest absolute Gasteiger partial charge is 0.391 e. The summed E-state index contributed by atoms with van der Waals surface area (Å²) in [7, 11) is 0. The molecule has 0 unspecified atom stereocenters. The number of amides is 2. The number of rotatable bonds is 4. The molecule has 1 aliphatic heterocycles. The Balaban J connectivity index is 1.72. The first-order valence-corrected chi connectivity index (χ1v) is 6.46. The Kier molecular flexibility index (Phi) is 4.52. The molecule has 5 heteroatoms. The van der Waals surface area contributed by atoms with Crippen LogP contribution < -0.4 is 5.32 Å². The van der Waals surface area contributed by atoms with Crippen LogP contribution in [0, 0.1) is 0 Å². The van der Waals surface area contributed by atoms with Gasteiger partial charge in [-0.05, 0) is 18.6 Å². The lowest BCUT2D eigenvalue weighted by Crippen LogP contribution is -2.33. The Bertz CT molecular complexity index is 447. The highest BCUT2D eigenvalue weighted by molar-refractivity contribution is 5.94. The standard InChI is InChI=1S/C14H18N2O3/c17-12-7-9-16(10-12)13(18)6-8-15-14(19)11-4-2-1-3-5-11/h1-5,12,17H,6-10H2,(H,15,19)/t12-/m0/s1. The maximum Gasteiger partial charge on any atom is 0.251 e. The van der Waals surface area contributed by atoms with Gasteiger partial charge in [0.25, 0.3) is 5.91 Å². The van der Waals surface area contributed by atoms with Crippen LogP contribution in [0.3, 0.4) is 0 Å². The van der Waals surface area contributed by atoms with Gasteiger partial charge in [0.1, 0.15) is 0 Å². The molecule has 1 atom stereocenters. The van der Waals surface area contributed by atoms with Crippen molar-refractivity contribution in [2.45, 2.75) is 18.9 Å². The summed E-state index contributed by atoms with van der Waals surface area (Å²) in [5.74, 6) is -0.195. The van der Waals surface area contributed by atoms with E-state index in [9.17, 15) is 14.7 Å². The molecule has 0 saturated carbocycles. The van der Waals surface area contributed by atoms with Gasteiger partial charge in [0.05, 0.1) is 6.10 Å². The fourth-order valence-electron chi connectivity index (χ4n) is 2.10. The molecule has 1 aromatic carbocycles. The average molecular weight is 262 g/mol. The summed E-state index contributed by atoms with van der Waals surface area (Å²) in [5, 5.41) is 12.1. The normalized spacial score (nSPS) is 18.4. The van der Waals surface area contributed by atoms with Crippen molar-refractivity contribution in [3.8, 4) is 0 Å². The molecule has 2 rings (SSSR count). The van der Waals surface area contributed by atoms with E-state index < -0.39 is 6.10 Å². The molecule has 2 N–H and O–H groups in total. The molecule has 1 heterocycles. The van der Waals surface area contributed by atoms with E-state index in [1.54, 1.807) is 29.2 Å². The smallest absolute Gasteiger partial charge is 0.251 e. The Morgan fingerprint density at radius 2 is 2.05 bits per heavy atom. The van der Waals surface area contributed by atoms with Crippen LogP contribution in [-0.4, -0.2) is 47.6 Å². The lowest BCUT2D eigenvalue weighted by molar-refractivity contribution is -0.130. The third-order valence-corrected chi connectivity index (χ3v) is 3.18. The topological polar surface area (TPSA) is 69.6 Å². The summed E-state index contributed by atoms with van der Waals surface area (Å²) in [6, 6.07) is 8.90. The highest BCUT2D eigenvalue weighted by atomic mass is 16.3. The van der Waals surface area contributed by atoms with Crippen LogP contribution in [0.2, 0.25) is 0 Å². The maximum atomic E-state index is 11.8. The van der Waals surface area contributed by atoms with Gasteiger partial charge in [0.2, 0.25) is 5.91 Å². The van der Waals surface area contributed by atoms with Crippen LogP contribution in [0.15, 0.2) is 30.3 Å². The zero-order valence-corrected chi connectivity index (χ0v) is 10.7. The predicted octanol–water partition coefficient (Wildman–Crippen LogP) is 0.400. The summed E-state index contributed by atoms with van der Waals surface area (Å²) in [4.78, 5) is 25.1. The van der Waals surface area contributed by atoms with Crippen LogP contribution in [0.5, 0.6) is 0 Å². The first-order valence-electron chi connectivity index (χ1n) is 6.46. The van der Waals surface area contributed by atoms with Gasteiger partial charge in [0, 0.05) is 31.6 Å². The summed E-state index contributed by atoms with van der Waals surface area (Å²) in [5.41, 5.74) is 0.589. The highest BCUT2D eigenvalue weighted by Crippen LogP contribution is 2.09. The van der Waals surface area contributed by atoms with Gasteiger partial charge in [-0.25, -0.2) is 0 Å². The second-order valence-corrected chi connectivity index (χ2v) is 4.65. The summed E-state index contributed by atoms with van der Waals surface area (Å²) >= 11 is 0. The number of benzene rings is 1. The van der Waals surface area contributed by atoms with Crippen LogP contribution >= 0.6 is 0 Å². The fraction of sp³-hybridized carbons (Fsp3) is 0.429. The van der Waals surface area contributed by atoms with Crippen LogP contribution in [0.1, 0.15) is 23.2 Å². The SMILES string of the molecule is O=C(NCCC(=O)N1CC[C@H](O)C1)c1ccccc1. The second kappa shape index (κ2) is 6.33. The van der Waals surface area contributed by atoms with Gasteiger partial charge < -0.3 is 15.3 Å². The van der Waals surface area contributed by atoms with E-state index in [1.165, 1.54) is 0 Å². The first-order chi connectivity index (χ1) is 9.16. The summed E-state index contributed by atoms with van der Waals surface area (Å²) in [6.07, 6.45) is 0.510. The Morgan fingerprint density at radius 3 is 2.68 bits per heavy atom. The second-order valence-electron chi connectivity index (χ2n) is 4.65. The van der Waals surface area contributed by atoms with Crippen molar-refractivity contribution >= 4 is 11.8 Å². The average Bonchev–Trinajstić information content (AvgIpc) is 2.86. The minimum absolute atomic E-state index is 0.0232. The van der Waals surface area contributed by atoms with Gasteiger partial charge in [-0.1, -0.05) is 18.2 Å². The molecule has 102 valence electrons. The van der Waals surface area contributed by atoms with E-state index in [2.05, 4.69) is 5.32 Å². The first kappa shape index (κ1) is 13.5. The molecule has 5 nitrogen and oxygen atoms in total. The molecule has 0 radical (unpaired) electrons. The molecule has 0 aromatic heterocycles. The van der Waals surface area contributed by atoms with Gasteiger partial charge >= 0.3 is 0 Å². The molecule has 2 amide bonds. The van der Waals surface area contributed by atoms with Crippen molar-refractivity contribution < 1.29 is 14.7 Å². The lowest BCUT2D eigenvalue weighted by Gasteiger charge is -2.15. The molecule has 1 fully saturated rings. The third kappa shape index (κ3) is 3.79. The summed E-state index contributed by atoms with van der Waals surface area (Å²) in [6.45, 7) is 1.33. The Labute approximate surface area is 112 Å². The molecule has 1 saturated heterocycles. The summed E-state index contributed by atoms with van der Waals surface area (Å²) < 4.78 is 0. The molecule has 1 aliphatic rings. The minimum atomic E-state index is -0.400. The monoisotopic (exact) mass is 262 g/mol. The number of β-amino-alcohol motifs (C(OH)–C–C–N with tert-alkyl or cyclic N) is 1. The molecule has 19 heavy (non-hydrogen) atoms. The van der Waals surface area contributed by atoms with Crippen LogP contribution in [0.4, 0.5) is 0 Å². The molecular formula is C14H18N2O3. The van der Waals surface area contributed by atoms with E-state index in [0.29, 0.717) is 31.6 Å². The zero-order chi connectivity index (χ0) is 13.7. The number of carbonyl (C=O) groups excluding carboxylic acids is 2. The Hall–Kier alpha value is -1.88. The van der Waals surface area contributed by atoms with Crippen molar-refractivity contribution in [3.05, 3.63) is 35.9 Å². The molecule has 0 bridgehead atoms. The number of aliphatic hydroxyl groups is 1. The zero-order valence-electron chi connectivity index (χ0n) is 10.7. The number of carbonyl (C=O) groups is 2. The number of nitrogens with zero attached hydrogens (tertiary/aromatic N) is 1. The number of hydrogen-bond acceptors (Lipinski definition) is 3. The van der Waals surface area contributed by atoms with E-state index >= 15 is 0 Å². The number of aliphatic hydroxyl groups excluding tert-OH is 1. The van der Waals surface area contributed by atoms with Gasteiger partial charge in [0.15, 0.2) is 0 Å². The predicted molar refractivity (Wildman–Crippen MR) is 70.6 cm³/mol. The number of likely N-dealkylation sites (tertiary alicyclic amines) is 1. The number of nitrogens with one attached hydrogen (secondary N) is 1. The van der Waals surface area contributed by atoms with Crippen LogP contribution in [0.25, 0.3) is 0 Å². The fourth-order valence-corrected chi connectivity index (χ4v) is 2.10. The van der Waals surface area contributed by atoms with Gasteiger partial charge in [-0.15, -0.1) is 0 Å². The van der Waals surface area contributed by atoms with Gasteiger partial charge in [-0.3, -0.25) is 9.59 Å². The van der Waals surface area contributed by atoms with Crippen molar-refractivity contribution in [1.29, 1.82) is 0 Å².